The molecule has 0 saturated carbocycles. The van der Waals surface area contributed by atoms with E-state index in [2.05, 4.69) is 31.1 Å². The van der Waals surface area contributed by atoms with Crippen molar-refractivity contribution in [2.45, 2.75) is 67.1 Å². The van der Waals surface area contributed by atoms with E-state index < -0.39 is 24.0 Å². The molecule has 0 aliphatic carbocycles. The normalized spacial score (nSPS) is 15.8. The molecule has 0 unspecified atom stereocenters. The molecule has 1 aromatic rings. The van der Waals surface area contributed by atoms with Gasteiger partial charge in [-0.25, -0.2) is 0 Å². The highest BCUT2D eigenvalue weighted by Crippen LogP contribution is 2.26. The van der Waals surface area contributed by atoms with Crippen LogP contribution >= 0.6 is 0 Å². The summed E-state index contributed by atoms with van der Waals surface area (Å²) in [6.45, 7) is 12.6. The highest BCUT2D eigenvalue weighted by molar-refractivity contribution is 5.95. The van der Waals surface area contributed by atoms with E-state index in [1.165, 1.54) is 22.9 Å². The lowest BCUT2D eigenvalue weighted by Crippen LogP contribution is -2.26. The van der Waals surface area contributed by atoms with Crippen molar-refractivity contribution in [3.63, 3.8) is 0 Å². The molecule has 9 heteroatoms. The number of alkyl halides is 3. The Morgan fingerprint density at radius 3 is 2.41 bits per heavy atom. The fourth-order valence-electron chi connectivity index (χ4n) is 2.79. The van der Waals surface area contributed by atoms with Crippen LogP contribution in [-0.2, 0) is 16.6 Å². The summed E-state index contributed by atoms with van der Waals surface area (Å²) in [4.78, 5) is 28.6. The lowest BCUT2D eigenvalue weighted by molar-refractivity contribution is -0.142. The zero-order valence-electron chi connectivity index (χ0n) is 22.8. The molecular weight excluding hydrogens is 483 g/mol. The third kappa shape index (κ3) is 10.7. The van der Waals surface area contributed by atoms with Gasteiger partial charge in [0.05, 0.1) is 11.9 Å². The first-order chi connectivity index (χ1) is 17.1. The predicted octanol–water partition coefficient (Wildman–Crippen LogP) is 6.72. The van der Waals surface area contributed by atoms with Crippen LogP contribution in [0.2, 0.25) is 0 Å². The first kappa shape index (κ1) is 31.7. The fourth-order valence-corrected chi connectivity index (χ4v) is 2.79. The van der Waals surface area contributed by atoms with Crippen molar-refractivity contribution < 1.29 is 22.7 Å². The second-order valence-corrected chi connectivity index (χ2v) is 9.62. The van der Waals surface area contributed by atoms with Crippen molar-refractivity contribution in [2.24, 2.45) is 23.4 Å². The summed E-state index contributed by atoms with van der Waals surface area (Å²) in [6, 6.07) is 0.928. The van der Waals surface area contributed by atoms with Crippen LogP contribution in [0.5, 0.6) is 0 Å². The standard InChI is InChI=1S/C28H38F3N3O3/c1-9-12-22(17-32-20(4)28(29,30)31)37-24(10-2)23(14-11-13-19(3)27(5,6)7)26(36)33-21-15-16-25(35)34(8)18-21/h10-18,20,23H,9H2,1-8H3,(H,33,36)/b14-11?,19-13+,22-12+,24-10+,32-17?/t20-,23+/m1/s1. The number of nitrogens with one attached hydrogen (secondary N) is 1. The molecule has 0 aromatic carbocycles. The number of nitrogens with zero attached hydrogens (tertiary/aromatic N) is 2. The topological polar surface area (TPSA) is 72.7 Å². The summed E-state index contributed by atoms with van der Waals surface area (Å²) in [5.74, 6) is -1.05. The van der Waals surface area contributed by atoms with Crippen LogP contribution in [0, 0.1) is 11.3 Å². The van der Waals surface area contributed by atoms with Crippen LogP contribution in [0.25, 0.3) is 0 Å². The molecule has 0 fully saturated rings. The summed E-state index contributed by atoms with van der Waals surface area (Å²) in [7, 11) is 1.57. The van der Waals surface area contributed by atoms with E-state index in [0.29, 0.717) is 12.1 Å². The molecule has 6 nitrogen and oxygen atoms in total. The molecule has 0 saturated heterocycles. The third-order valence-electron chi connectivity index (χ3n) is 5.60. The molecule has 2 atom stereocenters. The number of amides is 1. The molecular formula is C28H38F3N3O3. The van der Waals surface area contributed by atoms with E-state index in [9.17, 15) is 22.8 Å². The summed E-state index contributed by atoms with van der Waals surface area (Å²) in [5, 5.41) is 2.78. The number of aromatic nitrogens is 1. The van der Waals surface area contributed by atoms with Gasteiger partial charge >= 0.3 is 6.18 Å². The minimum atomic E-state index is -4.48. The molecule has 0 aliphatic heterocycles. The Morgan fingerprint density at radius 1 is 1.24 bits per heavy atom. The van der Waals surface area contributed by atoms with Crippen LogP contribution < -0.4 is 10.9 Å². The lowest BCUT2D eigenvalue weighted by Gasteiger charge is -2.20. The van der Waals surface area contributed by atoms with Gasteiger partial charge in [-0.05, 0) is 50.8 Å². The van der Waals surface area contributed by atoms with Crippen molar-refractivity contribution in [3.8, 4) is 0 Å². The Hall–Kier alpha value is -3.36. The number of anilines is 1. The fraction of sp³-hybridized carbons (Fsp3) is 0.464. The van der Waals surface area contributed by atoms with Gasteiger partial charge in [0, 0.05) is 19.3 Å². The molecule has 1 rings (SSSR count). The van der Waals surface area contributed by atoms with E-state index in [1.54, 1.807) is 38.3 Å². The van der Waals surface area contributed by atoms with Crippen LogP contribution in [0.3, 0.4) is 0 Å². The highest BCUT2D eigenvalue weighted by Gasteiger charge is 2.35. The van der Waals surface area contributed by atoms with E-state index in [4.69, 9.17) is 4.74 Å². The molecule has 1 aromatic heterocycles. The molecule has 1 N–H and O–H groups in total. The highest BCUT2D eigenvalue weighted by atomic mass is 19.4. The number of hydrogen-bond donors (Lipinski definition) is 1. The smallest absolute Gasteiger partial charge is 0.410 e. The number of ether oxygens (including phenoxy) is 1. The van der Waals surface area contributed by atoms with Gasteiger partial charge in [-0.15, -0.1) is 0 Å². The van der Waals surface area contributed by atoms with Gasteiger partial charge in [0.1, 0.15) is 23.5 Å². The monoisotopic (exact) mass is 521 g/mol. The Labute approximate surface area is 217 Å². The molecule has 0 radical (unpaired) electrons. The van der Waals surface area contributed by atoms with Gasteiger partial charge in [0.15, 0.2) is 0 Å². The SMILES string of the molecule is C/C=C(/O/C(C=N[C@H](C)C(F)(F)F)=C/CC)[C@H](C=C/C=C(\C)C(C)(C)C)C(=O)Nc1ccc(=O)n(C)c1. The summed E-state index contributed by atoms with van der Waals surface area (Å²) >= 11 is 0. The van der Waals surface area contributed by atoms with Crippen LogP contribution in [0.4, 0.5) is 18.9 Å². The Bertz CT molecular complexity index is 1130. The lowest BCUT2D eigenvalue weighted by atomic mass is 9.87. The Balaban J connectivity index is 3.37. The zero-order valence-corrected chi connectivity index (χ0v) is 22.8. The number of halogens is 3. The van der Waals surface area contributed by atoms with Gasteiger partial charge < -0.3 is 14.6 Å². The van der Waals surface area contributed by atoms with Crippen molar-refractivity contribution in [3.05, 3.63) is 76.2 Å². The van der Waals surface area contributed by atoms with E-state index in [1.807, 2.05) is 19.9 Å². The maximum Gasteiger partial charge on any atom is 0.410 e. The molecule has 0 spiro atoms. The quantitative estimate of drug-likeness (QED) is 0.211. The predicted molar refractivity (Wildman–Crippen MR) is 143 cm³/mol. The number of aryl methyl sites for hydroxylation is 1. The van der Waals surface area contributed by atoms with Gasteiger partial charge in [-0.3, -0.25) is 14.6 Å². The molecule has 0 bridgehead atoms. The number of rotatable bonds is 10. The summed E-state index contributed by atoms with van der Waals surface area (Å²) < 4.78 is 46.0. The largest absolute Gasteiger partial charge is 0.460 e. The number of hydrogen-bond acceptors (Lipinski definition) is 4. The number of pyridine rings is 1. The second-order valence-electron chi connectivity index (χ2n) is 9.62. The maximum absolute atomic E-state index is 13.3. The minimum absolute atomic E-state index is 0.0699. The average Bonchev–Trinajstić information content (AvgIpc) is 2.79. The molecule has 37 heavy (non-hydrogen) atoms. The van der Waals surface area contributed by atoms with Crippen molar-refractivity contribution in [2.75, 3.05) is 5.32 Å². The van der Waals surface area contributed by atoms with E-state index in [0.717, 1.165) is 18.7 Å². The maximum atomic E-state index is 13.3. The summed E-state index contributed by atoms with van der Waals surface area (Å²) in [5.41, 5.74) is 1.20. The Morgan fingerprint density at radius 2 is 1.89 bits per heavy atom. The second kappa shape index (κ2) is 13.8. The Kier molecular flexibility index (Phi) is 11.8. The number of aliphatic imine (C=N–C) groups is 1. The van der Waals surface area contributed by atoms with Crippen molar-refractivity contribution in [1.82, 2.24) is 4.57 Å². The van der Waals surface area contributed by atoms with E-state index in [-0.39, 0.29) is 22.5 Å². The molecule has 1 amide bonds. The van der Waals surface area contributed by atoms with Crippen molar-refractivity contribution in [1.29, 1.82) is 0 Å². The number of carbonyl (C=O) groups is 1. The van der Waals surface area contributed by atoms with Gasteiger partial charge in [-0.1, -0.05) is 51.5 Å². The van der Waals surface area contributed by atoms with Gasteiger partial charge in [-0.2, -0.15) is 13.2 Å². The molecule has 1 heterocycles. The number of carbonyl (C=O) groups excluding carboxylic acids is 1. The molecule has 204 valence electrons. The number of allylic oxidation sites excluding steroid dienone is 6. The zero-order chi connectivity index (χ0) is 28.4. The first-order valence-corrected chi connectivity index (χ1v) is 12.1. The van der Waals surface area contributed by atoms with Gasteiger partial charge in [0.25, 0.3) is 0 Å². The van der Waals surface area contributed by atoms with Crippen LogP contribution in [0.1, 0.15) is 54.9 Å². The van der Waals surface area contributed by atoms with Crippen LogP contribution in [0.15, 0.2) is 75.6 Å². The van der Waals surface area contributed by atoms with E-state index >= 15 is 0 Å². The summed E-state index contributed by atoms with van der Waals surface area (Å²) in [6.07, 6.45) is 7.00. The first-order valence-electron chi connectivity index (χ1n) is 12.1. The van der Waals surface area contributed by atoms with Gasteiger partial charge in [0.2, 0.25) is 11.5 Å². The molecule has 0 aliphatic rings. The third-order valence-corrected chi connectivity index (χ3v) is 5.60. The van der Waals surface area contributed by atoms with Crippen LogP contribution in [-0.4, -0.2) is 28.9 Å². The minimum Gasteiger partial charge on any atom is -0.460 e. The average molecular weight is 522 g/mol. The van der Waals surface area contributed by atoms with Crippen molar-refractivity contribution >= 4 is 17.8 Å².